The minimum Gasteiger partial charge on any atom is -0.347 e. The number of nitrogens with zero attached hydrogens (tertiary/aromatic N) is 1. The summed E-state index contributed by atoms with van der Waals surface area (Å²) in [6.07, 6.45) is 4.28. The number of H-pyrrole nitrogens is 1. The largest absolute Gasteiger partial charge is 0.347 e. The normalized spacial score (nSPS) is 12.9. The van der Waals surface area contributed by atoms with Crippen LogP contribution in [0.5, 0.6) is 0 Å². The number of carbonyl (C=O) groups excluding carboxylic acids is 1. The Hall–Kier alpha value is -1.86. The zero-order valence-electron chi connectivity index (χ0n) is 11.4. The molecular formula is C13H14ClN3O3S. The van der Waals surface area contributed by atoms with Gasteiger partial charge in [-0.25, -0.2) is 13.4 Å². The number of carbonyl (C=O) groups is 1. The van der Waals surface area contributed by atoms with Crippen molar-refractivity contribution in [3.8, 4) is 0 Å². The Morgan fingerprint density at radius 1 is 1.43 bits per heavy atom. The van der Waals surface area contributed by atoms with Crippen molar-refractivity contribution in [3.63, 3.8) is 0 Å². The maximum atomic E-state index is 12.2. The van der Waals surface area contributed by atoms with Gasteiger partial charge in [-0.15, -0.1) is 0 Å². The second kappa shape index (κ2) is 5.87. The van der Waals surface area contributed by atoms with E-state index in [1.54, 1.807) is 19.3 Å². The van der Waals surface area contributed by atoms with E-state index < -0.39 is 15.7 Å². The molecule has 21 heavy (non-hydrogen) atoms. The molecule has 0 bridgehead atoms. The molecule has 0 fully saturated rings. The van der Waals surface area contributed by atoms with Gasteiger partial charge < -0.3 is 10.3 Å². The zero-order valence-corrected chi connectivity index (χ0v) is 13.0. The van der Waals surface area contributed by atoms with Gasteiger partial charge >= 0.3 is 0 Å². The molecule has 0 aliphatic heterocycles. The van der Waals surface area contributed by atoms with E-state index >= 15 is 0 Å². The summed E-state index contributed by atoms with van der Waals surface area (Å²) in [5.41, 5.74) is 0.221. The van der Waals surface area contributed by atoms with Crippen molar-refractivity contribution in [2.45, 2.75) is 17.9 Å². The molecule has 112 valence electrons. The van der Waals surface area contributed by atoms with Crippen LogP contribution in [0.3, 0.4) is 0 Å². The molecule has 1 aromatic carbocycles. The first-order chi connectivity index (χ1) is 9.79. The average molecular weight is 328 g/mol. The van der Waals surface area contributed by atoms with Crippen LogP contribution in [-0.4, -0.2) is 30.5 Å². The molecule has 0 saturated carbocycles. The van der Waals surface area contributed by atoms with Crippen molar-refractivity contribution in [2.75, 3.05) is 6.26 Å². The third-order valence-electron chi connectivity index (χ3n) is 2.87. The average Bonchev–Trinajstić information content (AvgIpc) is 2.91. The minimum atomic E-state index is -3.49. The van der Waals surface area contributed by atoms with Crippen LogP contribution in [0.25, 0.3) is 0 Å². The fourth-order valence-electron chi connectivity index (χ4n) is 1.79. The van der Waals surface area contributed by atoms with Crippen LogP contribution in [0.4, 0.5) is 0 Å². The van der Waals surface area contributed by atoms with Gasteiger partial charge in [0.15, 0.2) is 9.84 Å². The van der Waals surface area contributed by atoms with Gasteiger partial charge in [0, 0.05) is 24.2 Å². The minimum absolute atomic E-state index is 0.0672. The number of hydrogen-bond donors (Lipinski definition) is 2. The smallest absolute Gasteiger partial charge is 0.251 e. The van der Waals surface area contributed by atoms with Crippen molar-refractivity contribution in [2.24, 2.45) is 0 Å². The van der Waals surface area contributed by atoms with Gasteiger partial charge in [0.25, 0.3) is 5.91 Å². The van der Waals surface area contributed by atoms with Gasteiger partial charge in [-0.05, 0) is 25.1 Å². The first-order valence-corrected chi connectivity index (χ1v) is 8.35. The van der Waals surface area contributed by atoms with Crippen molar-refractivity contribution in [1.82, 2.24) is 15.3 Å². The van der Waals surface area contributed by atoms with Crippen LogP contribution in [-0.2, 0) is 9.84 Å². The van der Waals surface area contributed by atoms with Crippen LogP contribution in [0, 0.1) is 0 Å². The highest BCUT2D eigenvalue weighted by Crippen LogP contribution is 2.22. The Morgan fingerprint density at radius 3 is 2.71 bits per heavy atom. The Kier molecular flexibility index (Phi) is 4.34. The third-order valence-corrected chi connectivity index (χ3v) is 4.45. The molecule has 2 aromatic rings. The monoisotopic (exact) mass is 327 g/mol. The van der Waals surface area contributed by atoms with E-state index in [0.29, 0.717) is 5.82 Å². The van der Waals surface area contributed by atoms with E-state index in [2.05, 4.69) is 15.3 Å². The topological polar surface area (TPSA) is 91.9 Å². The van der Waals surface area contributed by atoms with Gasteiger partial charge in [-0.3, -0.25) is 4.79 Å². The van der Waals surface area contributed by atoms with Crippen molar-refractivity contribution in [1.29, 1.82) is 0 Å². The molecule has 6 nitrogen and oxygen atoms in total. The zero-order chi connectivity index (χ0) is 15.6. The first-order valence-electron chi connectivity index (χ1n) is 6.09. The Bertz CT molecular complexity index is 757. The van der Waals surface area contributed by atoms with Gasteiger partial charge in [-0.2, -0.15) is 0 Å². The van der Waals surface area contributed by atoms with Crippen LogP contribution in [0.1, 0.15) is 29.1 Å². The predicted molar refractivity (Wildman–Crippen MR) is 79.0 cm³/mol. The highest BCUT2D eigenvalue weighted by atomic mass is 35.5. The number of imidazole rings is 1. The lowest BCUT2D eigenvalue weighted by Crippen LogP contribution is -2.27. The molecule has 0 radical (unpaired) electrons. The molecule has 1 aromatic heterocycles. The molecule has 2 rings (SSSR count). The molecule has 1 amide bonds. The molecule has 0 spiro atoms. The van der Waals surface area contributed by atoms with Gasteiger partial charge in [0.05, 0.1) is 16.0 Å². The van der Waals surface area contributed by atoms with E-state index in [0.717, 1.165) is 6.26 Å². The summed E-state index contributed by atoms with van der Waals surface area (Å²) in [4.78, 5) is 19.0. The number of hydrogen-bond acceptors (Lipinski definition) is 4. The second-order valence-electron chi connectivity index (χ2n) is 4.59. The van der Waals surface area contributed by atoms with Crippen molar-refractivity contribution < 1.29 is 13.2 Å². The summed E-state index contributed by atoms with van der Waals surface area (Å²) in [7, 11) is -3.49. The van der Waals surface area contributed by atoms with E-state index in [9.17, 15) is 13.2 Å². The summed E-state index contributed by atoms with van der Waals surface area (Å²) >= 11 is 5.85. The maximum Gasteiger partial charge on any atom is 0.251 e. The number of nitrogens with one attached hydrogen (secondary N) is 2. The highest BCUT2D eigenvalue weighted by Gasteiger charge is 2.17. The predicted octanol–water partition coefficient (Wildman–Crippen LogP) is 1.96. The second-order valence-corrected chi connectivity index (χ2v) is 6.98. The fraction of sp³-hybridized carbons (Fsp3) is 0.231. The summed E-state index contributed by atoms with van der Waals surface area (Å²) in [5, 5.41) is 2.82. The van der Waals surface area contributed by atoms with Gasteiger partial charge in [0.2, 0.25) is 0 Å². The van der Waals surface area contributed by atoms with Gasteiger partial charge in [0.1, 0.15) is 5.82 Å². The van der Waals surface area contributed by atoms with E-state index in [1.807, 2.05) is 0 Å². The number of rotatable bonds is 4. The summed E-state index contributed by atoms with van der Waals surface area (Å²) in [5.74, 6) is 0.209. The molecule has 1 unspecified atom stereocenters. The highest BCUT2D eigenvalue weighted by molar-refractivity contribution is 7.90. The summed E-state index contributed by atoms with van der Waals surface area (Å²) in [6, 6.07) is 3.80. The fourth-order valence-corrected chi connectivity index (χ4v) is 3.09. The number of sulfone groups is 1. The lowest BCUT2D eigenvalue weighted by molar-refractivity contribution is 0.0938. The van der Waals surface area contributed by atoms with E-state index in [1.165, 1.54) is 18.2 Å². The molecule has 2 N–H and O–H groups in total. The molecule has 1 atom stereocenters. The maximum absolute atomic E-state index is 12.2. The molecule has 0 saturated heterocycles. The number of aromatic nitrogens is 2. The van der Waals surface area contributed by atoms with Gasteiger partial charge in [-0.1, -0.05) is 11.6 Å². The molecular weight excluding hydrogens is 314 g/mol. The Morgan fingerprint density at radius 2 is 2.14 bits per heavy atom. The molecule has 0 aliphatic carbocycles. The van der Waals surface area contributed by atoms with Crippen molar-refractivity contribution >= 4 is 27.3 Å². The standard InChI is InChI=1S/C13H14ClN3O3S/c1-8(12-15-5-6-16-12)17-13(18)9-3-4-10(14)11(7-9)21(2,19)20/h3-8H,1-2H3,(H,15,16)(H,17,18). The summed E-state index contributed by atoms with van der Waals surface area (Å²) < 4.78 is 23.2. The van der Waals surface area contributed by atoms with Crippen molar-refractivity contribution in [3.05, 3.63) is 47.0 Å². The lowest BCUT2D eigenvalue weighted by Gasteiger charge is -2.12. The summed E-state index contributed by atoms with van der Waals surface area (Å²) in [6.45, 7) is 1.77. The third kappa shape index (κ3) is 3.62. The SMILES string of the molecule is CC(NC(=O)c1ccc(Cl)c(S(C)(=O)=O)c1)c1ncc[nH]1. The quantitative estimate of drug-likeness (QED) is 0.897. The number of amides is 1. The van der Waals surface area contributed by atoms with E-state index in [-0.39, 0.29) is 21.5 Å². The van der Waals surface area contributed by atoms with Crippen LogP contribution in [0.2, 0.25) is 5.02 Å². The number of benzene rings is 1. The van der Waals surface area contributed by atoms with E-state index in [4.69, 9.17) is 11.6 Å². The Labute approximate surface area is 127 Å². The van der Waals surface area contributed by atoms with Crippen LogP contribution in [0.15, 0.2) is 35.5 Å². The number of aromatic amines is 1. The molecule has 1 heterocycles. The molecule has 0 aliphatic rings. The Balaban J connectivity index is 2.24. The van der Waals surface area contributed by atoms with Crippen LogP contribution >= 0.6 is 11.6 Å². The molecule has 8 heteroatoms. The van der Waals surface area contributed by atoms with Crippen LogP contribution < -0.4 is 5.32 Å². The number of halogens is 1. The lowest BCUT2D eigenvalue weighted by atomic mass is 10.2. The first kappa shape index (κ1) is 15.5.